The molecule has 0 atom stereocenters. The van der Waals surface area contributed by atoms with Crippen molar-refractivity contribution in [2.24, 2.45) is 0 Å². The molecule has 0 saturated heterocycles. The first-order chi connectivity index (χ1) is 17.8. The second-order valence-electron chi connectivity index (χ2n) is 10.6. The highest BCUT2D eigenvalue weighted by atomic mass is 16.3. The Hall–Kier alpha value is -4.44. The first kappa shape index (κ1) is 23.0. The summed E-state index contributed by atoms with van der Waals surface area (Å²) in [7, 11) is 0. The average molecular weight is 485 g/mol. The van der Waals surface area contributed by atoms with Crippen LogP contribution >= 0.6 is 0 Å². The molecule has 0 aliphatic heterocycles. The lowest BCUT2D eigenvalue weighted by molar-refractivity contribution is 0.474. The predicted molar refractivity (Wildman–Crippen MR) is 151 cm³/mol. The first-order valence-corrected chi connectivity index (χ1v) is 12.5. The van der Waals surface area contributed by atoms with Gasteiger partial charge < -0.3 is 9.52 Å². The first-order valence-electron chi connectivity index (χ1n) is 12.5. The van der Waals surface area contributed by atoms with Crippen LogP contribution in [-0.4, -0.2) is 15.1 Å². The monoisotopic (exact) mass is 484 g/mol. The molecule has 0 fully saturated rings. The topological polar surface area (TPSA) is 59.2 Å². The Morgan fingerprint density at radius 3 is 2.24 bits per heavy atom. The molecule has 2 aromatic heterocycles. The molecule has 0 aliphatic rings. The minimum Gasteiger partial charge on any atom is -0.507 e. The summed E-state index contributed by atoms with van der Waals surface area (Å²) in [6.07, 6.45) is 1.89. The molecule has 0 radical (unpaired) electrons. The molecule has 0 unspecified atom stereocenters. The van der Waals surface area contributed by atoms with Gasteiger partial charge in [-0.3, -0.25) is 4.98 Å². The van der Waals surface area contributed by atoms with Gasteiger partial charge in [-0.15, -0.1) is 0 Å². The maximum absolute atomic E-state index is 10.3. The third-order valence-electron chi connectivity index (χ3n) is 6.97. The summed E-state index contributed by atoms with van der Waals surface area (Å²) in [6, 6.07) is 28.2. The fraction of sp³-hybridized carbons (Fsp3) is 0.152. The number of hydrogen-bond acceptors (Lipinski definition) is 4. The van der Waals surface area contributed by atoms with Gasteiger partial charge in [0.05, 0.1) is 11.1 Å². The Morgan fingerprint density at radius 1 is 0.730 bits per heavy atom. The van der Waals surface area contributed by atoms with E-state index in [1.807, 2.05) is 30.5 Å². The molecule has 4 heteroatoms. The molecule has 2 heterocycles. The second-order valence-corrected chi connectivity index (χ2v) is 10.6. The van der Waals surface area contributed by atoms with Crippen molar-refractivity contribution < 1.29 is 9.52 Å². The van der Waals surface area contributed by atoms with Crippen LogP contribution in [0.25, 0.3) is 55.7 Å². The average Bonchev–Trinajstić information content (AvgIpc) is 3.32. The quantitative estimate of drug-likeness (QED) is 0.273. The molecule has 0 saturated carbocycles. The number of benzene rings is 4. The zero-order valence-corrected chi connectivity index (χ0v) is 21.4. The van der Waals surface area contributed by atoms with Crippen molar-refractivity contribution in [1.29, 1.82) is 0 Å². The van der Waals surface area contributed by atoms with Crippen molar-refractivity contribution >= 4 is 22.0 Å². The summed E-state index contributed by atoms with van der Waals surface area (Å²) in [5.41, 5.74) is 9.78. The molecular formula is C33H28N2O2. The molecule has 1 N–H and O–H groups in total. The van der Waals surface area contributed by atoms with Gasteiger partial charge in [-0.05, 0) is 77.1 Å². The Morgan fingerprint density at radius 2 is 1.46 bits per heavy atom. The highest BCUT2D eigenvalue weighted by Gasteiger charge is 2.19. The molecule has 6 aromatic rings. The van der Waals surface area contributed by atoms with Crippen LogP contribution in [-0.2, 0) is 5.41 Å². The van der Waals surface area contributed by atoms with Crippen LogP contribution in [0.5, 0.6) is 5.75 Å². The Balaban J connectivity index is 1.53. The van der Waals surface area contributed by atoms with Crippen LogP contribution in [0.2, 0.25) is 0 Å². The fourth-order valence-corrected chi connectivity index (χ4v) is 4.85. The zero-order chi connectivity index (χ0) is 25.7. The van der Waals surface area contributed by atoms with Gasteiger partial charge in [0.2, 0.25) is 5.89 Å². The normalized spacial score (nSPS) is 11.9. The summed E-state index contributed by atoms with van der Waals surface area (Å²) >= 11 is 0. The van der Waals surface area contributed by atoms with Crippen LogP contribution in [0.1, 0.15) is 31.9 Å². The van der Waals surface area contributed by atoms with Gasteiger partial charge >= 0.3 is 0 Å². The van der Waals surface area contributed by atoms with Gasteiger partial charge in [0.1, 0.15) is 11.3 Å². The van der Waals surface area contributed by atoms with Crippen LogP contribution in [0.4, 0.5) is 0 Å². The van der Waals surface area contributed by atoms with Gasteiger partial charge in [-0.1, -0.05) is 63.2 Å². The van der Waals surface area contributed by atoms with Crippen molar-refractivity contribution in [3.63, 3.8) is 0 Å². The molecule has 0 amide bonds. The number of hydrogen-bond donors (Lipinski definition) is 1. The van der Waals surface area contributed by atoms with Crippen LogP contribution in [0, 0.1) is 6.92 Å². The lowest BCUT2D eigenvalue weighted by Crippen LogP contribution is -2.11. The number of aromatic hydroxyl groups is 1. The smallest absolute Gasteiger partial charge is 0.231 e. The number of phenols is 1. The van der Waals surface area contributed by atoms with E-state index in [4.69, 9.17) is 14.4 Å². The number of para-hydroxylation sites is 2. The molecule has 4 nitrogen and oxygen atoms in total. The second kappa shape index (κ2) is 8.59. The maximum atomic E-state index is 10.3. The number of rotatable bonds is 3. The van der Waals surface area contributed by atoms with E-state index in [2.05, 4.69) is 76.2 Å². The van der Waals surface area contributed by atoms with Crippen molar-refractivity contribution in [3.8, 4) is 39.5 Å². The molecule has 0 aliphatic carbocycles. The van der Waals surface area contributed by atoms with E-state index in [1.165, 1.54) is 16.5 Å². The van der Waals surface area contributed by atoms with Crippen molar-refractivity contribution in [3.05, 3.63) is 102 Å². The van der Waals surface area contributed by atoms with E-state index in [9.17, 15) is 5.11 Å². The van der Waals surface area contributed by atoms with Crippen LogP contribution in [0.3, 0.4) is 0 Å². The zero-order valence-electron chi connectivity index (χ0n) is 21.4. The molecule has 6 rings (SSSR count). The van der Waals surface area contributed by atoms with Gasteiger partial charge in [0.15, 0.2) is 5.58 Å². The maximum Gasteiger partial charge on any atom is 0.231 e. The molecule has 4 aromatic carbocycles. The van der Waals surface area contributed by atoms with Crippen molar-refractivity contribution in [1.82, 2.24) is 9.97 Å². The summed E-state index contributed by atoms with van der Waals surface area (Å²) in [5.74, 6) is 0.547. The number of aryl methyl sites for hydroxylation is 1. The largest absolute Gasteiger partial charge is 0.507 e. The molecule has 37 heavy (non-hydrogen) atoms. The van der Waals surface area contributed by atoms with Crippen molar-refractivity contribution in [2.45, 2.75) is 33.1 Å². The van der Waals surface area contributed by atoms with Gasteiger partial charge in [0, 0.05) is 22.7 Å². The van der Waals surface area contributed by atoms with Crippen LogP contribution in [0.15, 0.2) is 95.5 Å². The molecule has 0 spiro atoms. The van der Waals surface area contributed by atoms with E-state index in [0.29, 0.717) is 17.0 Å². The van der Waals surface area contributed by atoms with Gasteiger partial charge in [0.25, 0.3) is 0 Å². The van der Waals surface area contributed by atoms with E-state index < -0.39 is 0 Å². The summed E-state index contributed by atoms with van der Waals surface area (Å²) < 4.78 is 6.05. The Labute approximate surface area is 216 Å². The summed E-state index contributed by atoms with van der Waals surface area (Å²) in [6.45, 7) is 8.87. The SMILES string of the molecule is Cc1ccnc2c(-c3cccc(-c4cccc5oc(-c6ccccc6O)nc45)c3)cc(C(C)(C)C)cc12. The molecule has 0 bridgehead atoms. The van der Waals surface area contributed by atoms with E-state index in [0.717, 1.165) is 33.3 Å². The van der Waals surface area contributed by atoms with Gasteiger partial charge in [-0.25, -0.2) is 4.98 Å². The summed E-state index contributed by atoms with van der Waals surface area (Å²) in [5, 5.41) is 11.5. The highest BCUT2D eigenvalue weighted by molar-refractivity contribution is 5.98. The van der Waals surface area contributed by atoms with E-state index in [-0.39, 0.29) is 11.2 Å². The van der Waals surface area contributed by atoms with E-state index >= 15 is 0 Å². The highest BCUT2D eigenvalue weighted by Crippen LogP contribution is 2.38. The third-order valence-corrected chi connectivity index (χ3v) is 6.97. The number of aromatic nitrogens is 2. The Bertz CT molecular complexity index is 1790. The minimum absolute atomic E-state index is 0.00847. The van der Waals surface area contributed by atoms with Crippen molar-refractivity contribution in [2.75, 3.05) is 0 Å². The predicted octanol–water partition coefficient (Wildman–Crippen LogP) is 8.69. The standard InChI is InChI=1S/C33H28N2O2/c1-20-15-16-34-30-26(20)18-23(33(2,3)4)19-27(30)22-10-7-9-21(17-22)24-12-8-14-29-31(24)35-32(37-29)25-11-5-6-13-28(25)36/h5-19,36H,1-4H3. The van der Waals surface area contributed by atoms with E-state index in [1.54, 1.807) is 12.1 Å². The molecular weight excluding hydrogens is 456 g/mol. The lowest BCUT2D eigenvalue weighted by Gasteiger charge is -2.22. The number of oxazole rings is 1. The number of nitrogens with zero attached hydrogens (tertiary/aromatic N) is 2. The molecule has 182 valence electrons. The minimum atomic E-state index is 0.00847. The summed E-state index contributed by atoms with van der Waals surface area (Å²) in [4.78, 5) is 9.58. The Kier molecular flexibility index (Phi) is 5.34. The number of fused-ring (bicyclic) bond motifs is 2. The van der Waals surface area contributed by atoms with Crippen LogP contribution < -0.4 is 0 Å². The number of phenolic OH excluding ortho intramolecular Hbond substituents is 1. The number of pyridine rings is 1. The third kappa shape index (κ3) is 4.05. The fourth-order valence-electron chi connectivity index (χ4n) is 4.85. The lowest BCUT2D eigenvalue weighted by atomic mass is 9.83. The van der Waals surface area contributed by atoms with Gasteiger partial charge in [-0.2, -0.15) is 0 Å².